The van der Waals surface area contributed by atoms with Gasteiger partial charge in [0, 0.05) is 0 Å². The second kappa shape index (κ2) is 13.5. The smallest absolute Gasteiger partial charge is 0.113 e. The van der Waals surface area contributed by atoms with Gasteiger partial charge in [0.05, 0.1) is 0 Å². The van der Waals surface area contributed by atoms with Gasteiger partial charge in [-0.05, 0) is 51.4 Å². The van der Waals surface area contributed by atoms with Crippen LogP contribution in [0.15, 0.2) is 0 Å². The molecule has 0 aliphatic rings. The summed E-state index contributed by atoms with van der Waals surface area (Å²) in [5.41, 5.74) is 0. The van der Waals surface area contributed by atoms with Crippen molar-refractivity contribution in [1.29, 1.82) is 0 Å². The lowest BCUT2D eigenvalue weighted by Crippen LogP contribution is -2.35. The van der Waals surface area contributed by atoms with Crippen molar-refractivity contribution in [1.82, 2.24) is 0 Å². The molecule has 0 aliphatic heterocycles. The normalized spacial score (nSPS) is 17.0. The lowest BCUT2D eigenvalue weighted by molar-refractivity contribution is 0.0781. The molecule has 0 rings (SSSR count). The molecule has 0 aromatic carbocycles. The van der Waals surface area contributed by atoms with Gasteiger partial charge in [0.1, 0.15) is 9.87 Å². The predicted octanol–water partition coefficient (Wildman–Crippen LogP) is 6.64. The topological polar surface area (TPSA) is 40.5 Å². The van der Waals surface area contributed by atoms with Crippen LogP contribution in [0.1, 0.15) is 118 Å². The van der Waals surface area contributed by atoms with Crippen LogP contribution in [0, 0.1) is 0 Å². The van der Waals surface area contributed by atoms with E-state index in [4.69, 9.17) is 0 Å². The van der Waals surface area contributed by atoms with E-state index in [1.54, 1.807) is 0 Å². The molecule has 2 nitrogen and oxygen atoms in total. The zero-order valence-corrected chi connectivity index (χ0v) is 17.0. The zero-order valence-electron chi connectivity index (χ0n) is 16.2. The Morgan fingerprint density at radius 3 is 1.13 bits per heavy atom. The summed E-state index contributed by atoms with van der Waals surface area (Å²) >= 11 is 1.49. The molecule has 140 valence electrons. The Labute approximate surface area is 149 Å². The van der Waals surface area contributed by atoms with Crippen molar-refractivity contribution >= 4 is 11.8 Å². The molecule has 0 heterocycles. The summed E-state index contributed by atoms with van der Waals surface area (Å²) in [7, 11) is 0. The third-order valence-corrected chi connectivity index (χ3v) is 6.14. The maximum atomic E-state index is 11.2. The largest absolute Gasteiger partial charge is 0.379 e. The fourth-order valence-corrected chi connectivity index (χ4v) is 4.71. The molecule has 0 saturated heterocycles. The summed E-state index contributed by atoms with van der Waals surface area (Å²) in [4.78, 5) is -1.50. The van der Waals surface area contributed by atoms with Gasteiger partial charge in [0.25, 0.3) is 0 Å². The second-order valence-corrected chi connectivity index (χ2v) is 8.84. The Morgan fingerprint density at radius 2 is 0.826 bits per heavy atom. The van der Waals surface area contributed by atoms with Crippen LogP contribution >= 0.6 is 11.8 Å². The van der Waals surface area contributed by atoms with Crippen molar-refractivity contribution in [2.24, 2.45) is 0 Å². The minimum atomic E-state index is -0.750. The van der Waals surface area contributed by atoms with E-state index in [-0.39, 0.29) is 0 Å². The van der Waals surface area contributed by atoms with Crippen molar-refractivity contribution in [3.8, 4) is 0 Å². The number of rotatable bonds is 16. The monoisotopic (exact) mass is 346 g/mol. The SMILES string of the molecule is CCCCCC(O)(CCCC)SC(O)(CCCC)CCCCC. The van der Waals surface area contributed by atoms with Gasteiger partial charge >= 0.3 is 0 Å². The lowest BCUT2D eigenvalue weighted by Gasteiger charge is -2.37. The van der Waals surface area contributed by atoms with E-state index in [9.17, 15) is 10.2 Å². The van der Waals surface area contributed by atoms with Gasteiger partial charge in [0.2, 0.25) is 0 Å². The van der Waals surface area contributed by atoms with Crippen molar-refractivity contribution in [3.05, 3.63) is 0 Å². The zero-order chi connectivity index (χ0) is 17.6. The Bertz CT molecular complexity index is 246. The fourth-order valence-electron chi connectivity index (χ4n) is 3.02. The van der Waals surface area contributed by atoms with Crippen LogP contribution in [-0.2, 0) is 0 Å². The highest BCUT2D eigenvalue weighted by atomic mass is 32.2. The van der Waals surface area contributed by atoms with Crippen molar-refractivity contribution in [2.45, 2.75) is 127 Å². The molecule has 0 amide bonds. The second-order valence-electron chi connectivity index (χ2n) is 7.12. The molecule has 0 saturated carbocycles. The van der Waals surface area contributed by atoms with Gasteiger partial charge in [-0.3, -0.25) is 0 Å². The van der Waals surface area contributed by atoms with E-state index in [0.717, 1.165) is 77.0 Å². The molecule has 3 heteroatoms. The summed E-state index contributed by atoms with van der Waals surface area (Å²) in [5, 5.41) is 22.3. The molecule has 2 atom stereocenters. The van der Waals surface area contributed by atoms with Crippen LogP contribution in [0.3, 0.4) is 0 Å². The minimum absolute atomic E-state index is 0.750. The Morgan fingerprint density at radius 1 is 0.522 bits per heavy atom. The predicted molar refractivity (Wildman–Crippen MR) is 105 cm³/mol. The Balaban J connectivity index is 4.83. The molecular weight excluding hydrogens is 304 g/mol. The first-order chi connectivity index (χ1) is 10.9. The summed E-state index contributed by atoms with van der Waals surface area (Å²) in [6.45, 7) is 8.73. The average Bonchev–Trinajstić information content (AvgIpc) is 2.52. The van der Waals surface area contributed by atoms with Crippen LogP contribution in [0.4, 0.5) is 0 Å². The number of aliphatic hydroxyl groups is 2. The van der Waals surface area contributed by atoms with Crippen molar-refractivity contribution < 1.29 is 10.2 Å². The number of unbranched alkanes of at least 4 members (excludes halogenated alkanes) is 6. The molecule has 2 unspecified atom stereocenters. The first-order valence-electron chi connectivity index (χ1n) is 10.1. The number of hydrogen-bond donors (Lipinski definition) is 2. The third-order valence-electron chi connectivity index (χ3n) is 4.56. The van der Waals surface area contributed by atoms with E-state index in [1.165, 1.54) is 24.6 Å². The van der Waals surface area contributed by atoms with Gasteiger partial charge in [0.15, 0.2) is 0 Å². The average molecular weight is 347 g/mol. The molecule has 0 fully saturated rings. The van der Waals surface area contributed by atoms with Crippen molar-refractivity contribution in [3.63, 3.8) is 0 Å². The van der Waals surface area contributed by atoms with Crippen LogP contribution in [0.25, 0.3) is 0 Å². The van der Waals surface area contributed by atoms with Crippen LogP contribution < -0.4 is 0 Å². The number of hydrogen-bond acceptors (Lipinski definition) is 3. The molecule has 23 heavy (non-hydrogen) atoms. The van der Waals surface area contributed by atoms with Crippen LogP contribution in [0.5, 0.6) is 0 Å². The molecule has 0 aromatic heterocycles. The first-order valence-corrected chi connectivity index (χ1v) is 10.9. The van der Waals surface area contributed by atoms with Crippen LogP contribution in [-0.4, -0.2) is 20.1 Å². The van der Waals surface area contributed by atoms with E-state index >= 15 is 0 Å². The van der Waals surface area contributed by atoms with Gasteiger partial charge in [-0.1, -0.05) is 78.0 Å². The Hall–Kier alpha value is 0.270. The Kier molecular flexibility index (Phi) is 13.7. The van der Waals surface area contributed by atoms with Gasteiger partial charge in [-0.15, -0.1) is 0 Å². The maximum Gasteiger partial charge on any atom is 0.113 e. The summed E-state index contributed by atoms with van der Waals surface area (Å²) in [6.07, 6.45) is 14.3. The summed E-state index contributed by atoms with van der Waals surface area (Å²) < 4.78 is 0. The van der Waals surface area contributed by atoms with Crippen LogP contribution in [0.2, 0.25) is 0 Å². The van der Waals surface area contributed by atoms with E-state index < -0.39 is 9.87 Å². The molecule has 0 spiro atoms. The van der Waals surface area contributed by atoms with Gasteiger partial charge < -0.3 is 10.2 Å². The van der Waals surface area contributed by atoms with E-state index in [0.29, 0.717) is 0 Å². The van der Waals surface area contributed by atoms with Gasteiger partial charge in [-0.25, -0.2) is 0 Å². The molecule has 0 bridgehead atoms. The fraction of sp³-hybridized carbons (Fsp3) is 1.00. The molecular formula is C20H42O2S. The van der Waals surface area contributed by atoms with E-state index in [2.05, 4.69) is 27.7 Å². The molecule has 0 aromatic rings. The minimum Gasteiger partial charge on any atom is -0.379 e. The number of thioether (sulfide) groups is 1. The van der Waals surface area contributed by atoms with Crippen molar-refractivity contribution in [2.75, 3.05) is 0 Å². The third kappa shape index (κ3) is 11.4. The highest BCUT2D eigenvalue weighted by Gasteiger charge is 2.38. The highest BCUT2D eigenvalue weighted by Crippen LogP contribution is 2.45. The van der Waals surface area contributed by atoms with Gasteiger partial charge in [-0.2, -0.15) is 0 Å². The van der Waals surface area contributed by atoms with E-state index in [1.807, 2.05) is 0 Å². The standard InChI is InChI=1S/C20H42O2S/c1-5-9-13-17-19(21,15-11-7-3)23-20(22,16-12-8-4)18-14-10-6-2/h21-22H,5-18H2,1-4H3. The first kappa shape index (κ1) is 23.3. The lowest BCUT2D eigenvalue weighted by atomic mass is 10.0. The maximum absolute atomic E-state index is 11.2. The summed E-state index contributed by atoms with van der Waals surface area (Å²) in [6, 6.07) is 0. The highest BCUT2D eigenvalue weighted by molar-refractivity contribution is 8.01. The summed E-state index contributed by atoms with van der Waals surface area (Å²) in [5.74, 6) is 0. The molecule has 0 aliphatic carbocycles. The molecule has 0 radical (unpaired) electrons. The quantitative estimate of drug-likeness (QED) is 0.243. The molecule has 2 N–H and O–H groups in total.